The Balaban J connectivity index is 2.37. The van der Waals surface area contributed by atoms with Crippen molar-refractivity contribution in [2.45, 2.75) is 6.18 Å². The molecule has 9 heteroatoms. The number of carbonyl (C=O) groups is 1. The van der Waals surface area contributed by atoms with Crippen molar-refractivity contribution < 1.29 is 18.0 Å². The molecule has 0 aliphatic rings. The SMILES string of the molecule is CN(C)c1ccc(NC(=O)c2cc(Br)c(Br)s2)c(C(F)(F)F)c1. The van der Waals surface area contributed by atoms with Crippen LogP contribution in [0.2, 0.25) is 0 Å². The van der Waals surface area contributed by atoms with Crippen molar-refractivity contribution in [1.29, 1.82) is 0 Å². The van der Waals surface area contributed by atoms with Gasteiger partial charge >= 0.3 is 6.18 Å². The summed E-state index contributed by atoms with van der Waals surface area (Å²) in [5.41, 5.74) is -0.752. The van der Waals surface area contributed by atoms with Gasteiger partial charge in [0.1, 0.15) is 0 Å². The molecule has 0 saturated heterocycles. The second-order valence-electron chi connectivity index (χ2n) is 4.81. The summed E-state index contributed by atoms with van der Waals surface area (Å²) in [6.45, 7) is 0. The summed E-state index contributed by atoms with van der Waals surface area (Å²) in [7, 11) is 3.29. The smallest absolute Gasteiger partial charge is 0.378 e. The summed E-state index contributed by atoms with van der Waals surface area (Å²) in [5, 5.41) is 2.33. The first kappa shape index (κ1) is 18.3. The minimum Gasteiger partial charge on any atom is -0.378 e. The fraction of sp³-hybridized carbons (Fsp3) is 0.214. The highest BCUT2D eigenvalue weighted by Gasteiger charge is 2.34. The average Bonchev–Trinajstić information content (AvgIpc) is 2.77. The fourth-order valence-electron chi connectivity index (χ4n) is 1.80. The first-order chi connectivity index (χ1) is 10.6. The van der Waals surface area contributed by atoms with Crippen LogP contribution < -0.4 is 10.2 Å². The largest absolute Gasteiger partial charge is 0.418 e. The number of carbonyl (C=O) groups excluding carboxylic acids is 1. The Kier molecular flexibility index (Phi) is 5.42. The molecule has 0 saturated carbocycles. The first-order valence-electron chi connectivity index (χ1n) is 6.24. The average molecular weight is 472 g/mol. The van der Waals surface area contributed by atoms with Gasteiger partial charge in [-0.05, 0) is 56.1 Å². The minimum absolute atomic E-state index is 0.270. The zero-order valence-corrected chi connectivity index (χ0v) is 16.0. The lowest BCUT2D eigenvalue weighted by molar-refractivity contribution is -0.136. The Hall–Kier alpha value is -1.06. The summed E-state index contributed by atoms with van der Waals surface area (Å²) in [4.78, 5) is 14.0. The monoisotopic (exact) mass is 470 g/mol. The maximum atomic E-state index is 13.2. The predicted molar refractivity (Wildman–Crippen MR) is 93.4 cm³/mol. The quantitative estimate of drug-likeness (QED) is 0.630. The molecule has 1 aromatic heterocycles. The number of amides is 1. The van der Waals surface area contributed by atoms with Gasteiger partial charge in [-0.3, -0.25) is 4.79 Å². The molecule has 0 unspecified atom stereocenters. The molecule has 0 radical (unpaired) electrons. The van der Waals surface area contributed by atoms with E-state index < -0.39 is 17.6 Å². The summed E-state index contributed by atoms with van der Waals surface area (Å²) in [6.07, 6.45) is -4.56. The number of hydrogen-bond acceptors (Lipinski definition) is 3. The van der Waals surface area contributed by atoms with Crippen LogP contribution in [0.1, 0.15) is 15.2 Å². The fourth-order valence-corrected chi connectivity index (χ4v) is 3.73. The van der Waals surface area contributed by atoms with E-state index in [2.05, 4.69) is 37.2 Å². The summed E-state index contributed by atoms with van der Waals surface area (Å²) >= 11 is 7.62. The van der Waals surface area contributed by atoms with Crippen LogP contribution in [0.25, 0.3) is 0 Å². The molecule has 0 spiro atoms. The number of nitrogens with one attached hydrogen (secondary N) is 1. The number of nitrogens with zero attached hydrogens (tertiary/aromatic N) is 1. The molecule has 0 fully saturated rings. The van der Waals surface area contributed by atoms with E-state index in [4.69, 9.17) is 0 Å². The second-order valence-corrected chi connectivity index (χ2v) is 8.03. The van der Waals surface area contributed by atoms with Crippen LogP contribution in [0.15, 0.2) is 32.5 Å². The second kappa shape index (κ2) is 6.82. The number of thiophene rings is 1. The Morgan fingerprint density at radius 1 is 1.22 bits per heavy atom. The molecule has 0 atom stereocenters. The topological polar surface area (TPSA) is 32.3 Å². The van der Waals surface area contributed by atoms with Crippen molar-refractivity contribution in [1.82, 2.24) is 0 Å². The molecular weight excluding hydrogens is 461 g/mol. The molecule has 0 aliphatic heterocycles. The van der Waals surface area contributed by atoms with Gasteiger partial charge < -0.3 is 10.2 Å². The summed E-state index contributed by atoms with van der Waals surface area (Å²) in [6, 6.07) is 5.33. The van der Waals surface area contributed by atoms with Crippen molar-refractivity contribution >= 4 is 60.5 Å². The van der Waals surface area contributed by atoms with E-state index in [1.807, 2.05) is 0 Å². The number of benzene rings is 1. The van der Waals surface area contributed by atoms with Gasteiger partial charge in [0.2, 0.25) is 0 Å². The lowest BCUT2D eigenvalue weighted by Crippen LogP contribution is -2.17. The van der Waals surface area contributed by atoms with E-state index in [1.54, 1.807) is 25.1 Å². The molecule has 124 valence electrons. The predicted octanol–water partition coefficient (Wildman–Crippen LogP) is 5.61. The molecule has 2 rings (SSSR count). The van der Waals surface area contributed by atoms with Gasteiger partial charge in [0.15, 0.2) is 0 Å². The van der Waals surface area contributed by atoms with Crippen LogP contribution in [0.5, 0.6) is 0 Å². The van der Waals surface area contributed by atoms with Crippen molar-refractivity contribution in [3.63, 3.8) is 0 Å². The van der Waals surface area contributed by atoms with E-state index in [1.165, 1.54) is 12.1 Å². The van der Waals surface area contributed by atoms with Crippen LogP contribution in [-0.4, -0.2) is 20.0 Å². The Labute approximate surface area is 151 Å². The van der Waals surface area contributed by atoms with E-state index in [-0.39, 0.29) is 5.69 Å². The van der Waals surface area contributed by atoms with Crippen molar-refractivity contribution in [3.8, 4) is 0 Å². The lowest BCUT2D eigenvalue weighted by Gasteiger charge is -2.18. The van der Waals surface area contributed by atoms with Gasteiger partial charge in [0, 0.05) is 24.3 Å². The maximum Gasteiger partial charge on any atom is 0.418 e. The Bertz CT molecular complexity index is 725. The van der Waals surface area contributed by atoms with Gasteiger partial charge in [0.25, 0.3) is 5.91 Å². The van der Waals surface area contributed by atoms with Crippen LogP contribution in [0.3, 0.4) is 0 Å². The number of rotatable bonds is 3. The first-order valence-corrected chi connectivity index (χ1v) is 8.64. The molecule has 3 nitrogen and oxygen atoms in total. The molecule has 1 amide bonds. The molecule has 2 aromatic rings. The van der Waals surface area contributed by atoms with Crippen molar-refractivity contribution in [2.24, 2.45) is 0 Å². The lowest BCUT2D eigenvalue weighted by atomic mass is 10.1. The van der Waals surface area contributed by atoms with Crippen LogP contribution in [0, 0.1) is 0 Å². The zero-order valence-electron chi connectivity index (χ0n) is 12.0. The third-order valence-electron chi connectivity index (χ3n) is 2.94. The van der Waals surface area contributed by atoms with Gasteiger partial charge in [0.05, 0.1) is 19.9 Å². The highest BCUT2D eigenvalue weighted by atomic mass is 79.9. The minimum atomic E-state index is -4.56. The van der Waals surface area contributed by atoms with Crippen LogP contribution in [-0.2, 0) is 6.18 Å². The standard InChI is InChI=1S/C14H11Br2F3N2OS/c1-21(2)7-3-4-10(8(5-7)14(17,18)19)20-13(22)11-6-9(15)12(16)23-11/h3-6H,1-2H3,(H,20,22). The normalized spacial score (nSPS) is 11.4. The van der Waals surface area contributed by atoms with Crippen molar-refractivity contribution in [3.05, 3.63) is 43.0 Å². The highest BCUT2D eigenvalue weighted by molar-refractivity contribution is 9.13. The number of anilines is 2. The van der Waals surface area contributed by atoms with Crippen LogP contribution >= 0.6 is 43.2 Å². The molecule has 1 heterocycles. The van der Waals surface area contributed by atoms with E-state index in [0.717, 1.165) is 17.4 Å². The highest BCUT2D eigenvalue weighted by Crippen LogP contribution is 2.38. The summed E-state index contributed by atoms with van der Waals surface area (Å²) in [5.74, 6) is -0.593. The molecule has 1 aromatic carbocycles. The van der Waals surface area contributed by atoms with E-state index in [9.17, 15) is 18.0 Å². The van der Waals surface area contributed by atoms with Gasteiger partial charge in [-0.15, -0.1) is 11.3 Å². The molecular formula is C14H11Br2F3N2OS. The van der Waals surface area contributed by atoms with E-state index >= 15 is 0 Å². The van der Waals surface area contributed by atoms with E-state index in [0.29, 0.717) is 18.8 Å². The van der Waals surface area contributed by atoms with Gasteiger partial charge in [-0.1, -0.05) is 0 Å². The van der Waals surface area contributed by atoms with Gasteiger partial charge in [-0.25, -0.2) is 0 Å². The molecule has 1 N–H and O–H groups in total. The Morgan fingerprint density at radius 2 is 1.87 bits per heavy atom. The number of halogens is 5. The number of alkyl halides is 3. The van der Waals surface area contributed by atoms with Crippen molar-refractivity contribution in [2.75, 3.05) is 24.3 Å². The number of hydrogen-bond donors (Lipinski definition) is 1. The molecule has 0 aliphatic carbocycles. The molecule has 23 heavy (non-hydrogen) atoms. The van der Waals surface area contributed by atoms with Gasteiger partial charge in [-0.2, -0.15) is 13.2 Å². The third kappa shape index (κ3) is 4.27. The zero-order chi connectivity index (χ0) is 17.4. The molecule has 0 bridgehead atoms. The maximum absolute atomic E-state index is 13.2. The summed E-state index contributed by atoms with van der Waals surface area (Å²) < 4.78 is 41.1. The third-order valence-corrected chi connectivity index (χ3v) is 6.20. The van der Waals surface area contributed by atoms with Crippen LogP contribution in [0.4, 0.5) is 24.5 Å². The Morgan fingerprint density at radius 3 is 2.35 bits per heavy atom.